The molecule has 0 aliphatic rings. The van der Waals surface area contributed by atoms with Gasteiger partial charge in [0.1, 0.15) is 18.0 Å². The lowest BCUT2D eigenvalue weighted by Gasteiger charge is -2.17. The first-order valence-electron chi connectivity index (χ1n) is 7.59. The van der Waals surface area contributed by atoms with Crippen LogP contribution in [0.3, 0.4) is 0 Å². The van der Waals surface area contributed by atoms with Gasteiger partial charge < -0.3 is 14.9 Å². The molecule has 0 heterocycles. The minimum Gasteiger partial charge on any atom is -0.491 e. The summed E-state index contributed by atoms with van der Waals surface area (Å²) < 4.78 is 5.25. The molecule has 2 N–H and O–H groups in total. The first-order valence-corrected chi connectivity index (χ1v) is 7.59. The van der Waals surface area contributed by atoms with Crippen LogP contribution < -0.4 is 4.74 Å². The molecular formula is C19H20O5. The number of ether oxygens (including phenoxy) is 1. The fourth-order valence-corrected chi connectivity index (χ4v) is 2.23. The van der Waals surface area contributed by atoms with Crippen LogP contribution >= 0.6 is 0 Å². The van der Waals surface area contributed by atoms with Crippen molar-refractivity contribution < 1.29 is 24.5 Å². The number of carbonyl (C=O) groups is 2. The molecule has 0 unspecified atom stereocenters. The van der Waals surface area contributed by atoms with Crippen LogP contribution in [0.5, 0.6) is 5.75 Å². The number of ketones is 2. The van der Waals surface area contributed by atoms with E-state index in [9.17, 15) is 14.7 Å². The van der Waals surface area contributed by atoms with Crippen LogP contribution in [0.2, 0.25) is 0 Å². The molecule has 0 amide bonds. The lowest BCUT2D eigenvalue weighted by Crippen LogP contribution is -2.32. The van der Waals surface area contributed by atoms with Crippen LogP contribution in [0, 0.1) is 0 Å². The average Bonchev–Trinajstić information content (AvgIpc) is 2.58. The molecule has 0 spiro atoms. The number of rotatable bonds is 7. The molecule has 5 heteroatoms. The van der Waals surface area contributed by atoms with Crippen LogP contribution in [0.1, 0.15) is 40.1 Å². The van der Waals surface area contributed by atoms with E-state index in [0.29, 0.717) is 11.3 Å². The van der Waals surface area contributed by atoms with E-state index in [0.717, 1.165) is 0 Å². The quantitative estimate of drug-likeness (QED) is 0.762. The van der Waals surface area contributed by atoms with Crippen molar-refractivity contribution in [3.05, 3.63) is 65.2 Å². The van der Waals surface area contributed by atoms with E-state index in [-0.39, 0.29) is 30.1 Å². The fraction of sp³-hybridized carbons (Fsp3) is 0.263. The minimum absolute atomic E-state index is 0.0902. The zero-order valence-corrected chi connectivity index (χ0v) is 13.7. The van der Waals surface area contributed by atoms with Gasteiger partial charge in [-0.05, 0) is 38.1 Å². The molecule has 0 aliphatic carbocycles. The zero-order chi connectivity index (χ0) is 17.7. The van der Waals surface area contributed by atoms with Crippen molar-refractivity contribution in [3.8, 4) is 5.75 Å². The number of carbonyl (C=O) groups excluding carboxylic acids is 2. The maximum Gasteiger partial charge on any atom is 0.194 e. The molecule has 2 aromatic rings. The van der Waals surface area contributed by atoms with Crippen LogP contribution in [-0.4, -0.2) is 40.6 Å². The van der Waals surface area contributed by atoms with Gasteiger partial charge >= 0.3 is 0 Å². The van der Waals surface area contributed by atoms with Crippen molar-refractivity contribution in [1.82, 2.24) is 0 Å². The Kier molecular flexibility index (Phi) is 5.49. The molecule has 5 nitrogen and oxygen atoms in total. The lowest BCUT2D eigenvalue weighted by molar-refractivity contribution is 0.0486. The molecule has 0 aromatic heterocycles. The monoisotopic (exact) mass is 328 g/mol. The van der Waals surface area contributed by atoms with Gasteiger partial charge in [-0.3, -0.25) is 9.59 Å². The Labute approximate surface area is 140 Å². The zero-order valence-electron chi connectivity index (χ0n) is 13.7. The van der Waals surface area contributed by atoms with Crippen molar-refractivity contribution in [2.75, 3.05) is 13.2 Å². The Bertz CT molecular complexity index is 726. The Morgan fingerprint density at radius 3 is 2.12 bits per heavy atom. The second-order valence-electron chi connectivity index (χ2n) is 5.86. The highest BCUT2D eigenvalue weighted by molar-refractivity contribution is 6.17. The van der Waals surface area contributed by atoms with E-state index in [1.165, 1.54) is 19.9 Å². The van der Waals surface area contributed by atoms with Crippen molar-refractivity contribution in [2.45, 2.75) is 19.4 Å². The van der Waals surface area contributed by atoms with E-state index in [1.54, 1.807) is 42.5 Å². The molecule has 2 rings (SSSR count). The summed E-state index contributed by atoms with van der Waals surface area (Å²) in [6.45, 7) is 2.87. The molecule has 0 saturated heterocycles. The van der Waals surface area contributed by atoms with Crippen molar-refractivity contribution >= 4 is 11.6 Å². The molecular weight excluding hydrogens is 308 g/mol. The summed E-state index contributed by atoms with van der Waals surface area (Å²) in [5.41, 5.74) is -0.718. The van der Waals surface area contributed by atoms with Crippen molar-refractivity contribution in [2.24, 2.45) is 0 Å². The average molecular weight is 328 g/mol. The third kappa shape index (κ3) is 4.07. The third-order valence-electron chi connectivity index (χ3n) is 3.45. The highest BCUT2D eigenvalue weighted by Crippen LogP contribution is 2.21. The summed E-state index contributed by atoms with van der Waals surface area (Å²) in [5.74, 6) is -0.271. The highest BCUT2D eigenvalue weighted by Gasteiger charge is 2.28. The number of aliphatic hydroxyl groups is 2. The first kappa shape index (κ1) is 17.8. The van der Waals surface area contributed by atoms with Gasteiger partial charge in [0.05, 0.1) is 6.61 Å². The van der Waals surface area contributed by atoms with Gasteiger partial charge in [-0.2, -0.15) is 0 Å². The fourth-order valence-electron chi connectivity index (χ4n) is 2.23. The number of aliphatic hydroxyl groups excluding tert-OH is 1. The van der Waals surface area contributed by atoms with E-state index < -0.39 is 11.4 Å². The van der Waals surface area contributed by atoms with Gasteiger partial charge in [-0.1, -0.05) is 24.3 Å². The second kappa shape index (κ2) is 7.38. The topological polar surface area (TPSA) is 83.8 Å². The van der Waals surface area contributed by atoms with Crippen LogP contribution in [-0.2, 0) is 0 Å². The molecule has 24 heavy (non-hydrogen) atoms. The number of Topliss-reactive ketones (excluding diaryl/α,β-unsaturated/α-hetero) is 1. The van der Waals surface area contributed by atoms with Crippen LogP contribution in [0.25, 0.3) is 0 Å². The molecule has 0 bridgehead atoms. The Morgan fingerprint density at radius 1 is 1.00 bits per heavy atom. The van der Waals surface area contributed by atoms with Gasteiger partial charge in [0, 0.05) is 16.7 Å². The normalized spacial score (nSPS) is 11.2. The summed E-state index contributed by atoms with van der Waals surface area (Å²) in [4.78, 5) is 25.1. The predicted molar refractivity (Wildman–Crippen MR) is 89.5 cm³/mol. The number of benzene rings is 2. The molecule has 0 fully saturated rings. The third-order valence-corrected chi connectivity index (χ3v) is 3.45. The summed E-state index contributed by atoms with van der Waals surface area (Å²) in [6.07, 6.45) is 0. The van der Waals surface area contributed by atoms with Crippen molar-refractivity contribution in [1.29, 1.82) is 0 Å². The van der Waals surface area contributed by atoms with Gasteiger partial charge in [0.2, 0.25) is 0 Å². The van der Waals surface area contributed by atoms with Crippen LogP contribution in [0.15, 0.2) is 48.5 Å². The smallest absolute Gasteiger partial charge is 0.194 e. The maximum absolute atomic E-state index is 12.7. The summed E-state index contributed by atoms with van der Waals surface area (Å²) in [5, 5.41) is 18.7. The Hall–Kier alpha value is -2.50. The van der Waals surface area contributed by atoms with Gasteiger partial charge in [-0.15, -0.1) is 0 Å². The number of hydrogen-bond donors (Lipinski definition) is 2. The minimum atomic E-state index is -1.56. The van der Waals surface area contributed by atoms with Gasteiger partial charge in [0.15, 0.2) is 11.6 Å². The summed E-state index contributed by atoms with van der Waals surface area (Å²) in [6, 6.07) is 12.9. The van der Waals surface area contributed by atoms with Gasteiger partial charge in [0.25, 0.3) is 0 Å². The van der Waals surface area contributed by atoms with E-state index in [4.69, 9.17) is 9.84 Å². The van der Waals surface area contributed by atoms with E-state index in [2.05, 4.69) is 0 Å². The van der Waals surface area contributed by atoms with E-state index in [1.807, 2.05) is 0 Å². The maximum atomic E-state index is 12.7. The predicted octanol–water partition coefficient (Wildman–Crippen LogP) is 2.24. The van der Waals surface area contributed by atoms with Crippen LogP contribution in [0.4, 0.5) is 0 Å². The standard InChI is InChI=1S/C19H20O5/c1-19(2,23)18(22)16-6-4-3-5-15(16)17(21)13-7-9-14(10-8-13)24-12-11-20/h3-10,20,23H,11-12H2,1-2H3. The Balaban J connectivity index is 2.32. The summed E-state index contributed by atoms with van der Waals surface area (Å²) in [7, 11) is 0. The first-order chi connectivity index (χ1) is 11.3. The lowest BCUT2D eigenvalue weighted by atomic mass is 9.90. The highest BCUT2D eigenvalue weighted by atomic mass is 16.5. The van der Waals surface area contributed by atoms with Crippen molar-refractivity contribution in [3.63, 3.8) is 0 Å². The molecule has 126 valence electrons. The molecule has 0 atom stereocenters. The molecule has 2 aromatic carbocycles. The largest absolute Gasteiger partial charge is 0.491 e. The Morgan fingerprint density at radius 2 is 1.58 bits per heavy atom. The second-order valence-corrected chi connectivity index (χ2v) is 5.86. The molecule has 0 radical (unpaired) electrons. The molecule has 0 aliphatic heterocycles. The van der Waals surface area contributed by atoms with E-state index >= 15 is 0 Å². The SMILES string of the molecule is CC(C)(O)C(=O)c1ccccc1C(=O)c1ccc(OCCO)cc1. The number of hydrogen-bond acceptors (Lipinski definition) is 5. The molecule has 0 saturated carbocycles. The van der Waals surface area contributed by atoms with Gasteiger partial charge in [-0.25, -0.2) is 0 Å². The summed E-state index contributed by atoms with van der Waals surface area (Å²) >= 11 is 0.